The molecule has 6 nitrogen and oxygen atoms in total. The number of benzene rings is 1. The minimum absolute atomic E-state index is 0.176. The fourth-order valence-corrected chi connectivity index (χ4v) is 8.25. The van der Waals surface area contributed by atoms with Crippen LogP contribution in [-0.2, 0) is 19.1 Å². The van der Waals surface area contributed by atoms with Crippen LogP contribution in [0, 0.1) is 28.0 Å². The number of rotatable bonds is 6. The Morgan fingerprint density at radius 3 is 2.37 bits per heavy atom. The second-order valence-corrected chi connectivity index (χ2v) is 12.3. The molecule has 1 aromatic rings. The van der Waals surface area contributed by atoms with E-state index in [9.17, 15) is 19.5 Å². The van der Waals surface area contributed by atoms with E-state index in [2.05, 4.69) is 67.8 Å². The molecule has 0 saturated heterocycles. The van der Waals surface area contributed by atoms with Crippen LogP contribution in [0.2, 0.25) is 0 Å². The van der Waals surface area contributed by atoms with E-state index in [4.69, 9.17) is 9.47 Å². The lowest BCUT2D eigenvalue weighted by Crippen LogP contribution is -2.60. The van der Waals surface area contributed by atoms with Gasteiger partial charge in [0.1, 0.15) is 5.60 Å². The lowest BCUT2D eigenvalue weighted by atomic mass is 9.48. The second-order valence-electron chi connectivity index (χ2n) is 8.82. The predicted molar refractivity (Wildman–Crippen MR) is 130 cm³/mol. The number of halogens is 3. The van der Waals surface area contributed by atoms with Gasteiger partial charge in [-0.1, -0.05) is 0 Å². The molecule has 9 heteroatoms. The van der Waals surface area contributed by atoms with Crippen molar-refractivity contribution in [1.82, 2.24) is 0 Å². The van der Waals surface area contributed by atoms with Crippen LogP contribution in [0.3, 0.4) is 0 Å². The fourth-order valence-electron chi connectivity index (χ4n) is 5.87. The quantitative estimate of drug-likeness (QED) is 0.251. The first kappa shape index (κ1) is 23.0. The molecule has 4 bridgehead atoms. The SMILES string of the molecule is O=C([O-])CCOC(=O)C12CC3CC(CC(OC(=O)c4cc(I)cc(I)c4I)(C3)C1)C2. The number of carbonyl (C=O) groups excluding carboxylic acids is 3. The van der Waals surface area contributed by atoms with Crippen LogP contribution in [0.25, 0.3) is 0 Å². The summed E-state index contributed by atoms with van der Waals surface area (Å²) in [6.07, 6.45) is 4.21. The first-order chi connectivity index (χ1) is 14.1. The molecule has 0 aliphatic heterocycles. The lowest BCUT2D eigenvalue weighted by molar-refractivity contribution is -0.306. The van der Waals surface area contributed by atoms with Crippen molar-refractivity contribution in [2.75, 3.05) is 6.61 Å². The van der Waals surface area contributed by atoms with Crippen molar-refractivity contribution in [2.24, 2.45) is 17.3 Å². The number of hydrogen-bond donors (Lipinski definition) is 0. The van der Waals surface area contributed by atoms with Gasteiger partial charge in [0, 0.05) is 29.5 Å². The van der Waals surface area contributed by atoms with E-state index in [0.29, 0.717) is 23.8 Å². The van der Waals surface area contributed by atoms with Gasteiger partial charge in [0.15, 0.2) is 0 Å². The van der Waals surface area contributed by atoms with Crippen LogP contribution in [0.15, 0.2) is 12.1 Å². The third-order valence-electron chi connectivity index (χ3n) is 6.50. The van der Waals surface area contributed by atoms with Gasteiger partial charge in [0.2, 0.25) is 0 Å². The van der Waals surface area contributed by atoms with Crippen molar-refractivity contribution in [2.45, 2.75) is 50.5 Å². The van der Waals surface area contributed by atoms with Crippen LogP contribution in [0.5, 0.6) is 0 Å². The topological polar surface area (TPSA) is 92.7 Å². The molecule has 0 amide bonds. The highest BCUT2D eigenvalue weighted by Gasteiger charge is 2.63. The first-order valence-corrected chi connectivity index (χ1v) is 13.1. The standard InChI is InChI=1S/C21H21I3O6/c22-13-4-14(17(24)15(23)5-13)18(27)30-21-8-11-3-12(9-21)7-20(6-11,10-21)19(28)29-2-1-16(25)26/h4-5,11-12H,1-3,6-10H2,(H,25,26)/p-1. The van der Waals surface area contributed by atoms with E-state index < -0.39 is 17.0 Å². The Balaban J connectivity index is 1.55. The Bertz CT molecular complexity index is 900. The van der Waals surface area contributed by atoms with Crippen molar-refractivity contribution in [3.63, 3.8) is 0 Å². The Kier molecular flexibility index (Phi) is 6.62. The maximum atomic E-state index is 13.2. The molecule has 0 heterocycles. The fraction of sp³-hybridized carbons (Fsp3) is 0.571. The van der Waals surface area contributed by atoms with Gasteiger partial charge in [0.05, 0.1) is 17.6 Å². The third kappa shape index (κ3) is 4.48. The van der Waals surface area contributed by atoms with Gasteiger partial charge in [-0.05, 0) is 124 Å². The van der Waals surface area contributed by atoms with Gasteiger partial charge < -0.3 is 19.4 Å². The van der Waals surface area contributed by atoms with Crippen LogP contribution in [0.4, 0.5) is 0 Å². The summed E-state index contributed by atoms with van der Waals surface area (Å²) >= 11 is 6.59. The maximum absolute atomic E-state index is 13.2. The van der Waals surface area contributed by atoms with Gasteiger partial charge in [-0.3, -0.25) is 4.79 Å². The van der Waals surface area contributed by atoms with Crippen LogP contribution >= 0.6 is 67.8 Å². The highest BCUT2D eigenvalue weighted by molar-refractivity contribution is 14.1. The van der Waals surface area contributed by atoms with Crippen LogP contribution < -0.4 is 5.11 Å². The number of hydrogen-bond acceptors (Lipinski definition) is 6. The number of ether oxygens (including phenoxy) is 2. The average molecular weight is 749 g/mol. The summed E-state index contributed by atoms with van der Waals surface area (Å²) in [5.74, 6) is -1.28. The number of carboxylic acid groups (broad SMARTS) is 1. The zero-order chi connectivity index (χ0) is 21.7. The summed E-state index contributed by atoms with van der Waals surface area (Å²) in [6.45, 7) is -0.176. The van der Waals surface area contributed by atoms with Crippen molar-refractivity contribution < 1.29 is 29.0 Å². The van der Waals surface area contributed by atoms with Gasteiger partial charge in [0.25, 0.3) is 0 Å². The maximum Gasteiger partial charge on any atom is 0.339 e. The second kappa shape index (κ2) is 8.64. The van der Waals surface area contributed by atoms with E-state index >= 15 is 0 Å². The van der Waals surface area contributed by atoms with E-state index in [1.54, 1.807) is 0 Å². The number of esters is 2. The summed E-state index contributed by atoms with van der Waals surface area (Å²) in [4.78, 5) is 36.7. The molecule has 2 atom stereocenters. The molecule has 5 rings (SSSR count). The van der Waals surface area contributed by atoms with Crippen molar-refractivity contribution >= 4 is 85.7 Å². The van der Waals surface area contributed by atoms with Gasteiger partial charge in [-0.25, -0.2) is 4.79 Å². The molecule has 0 aromatic heterocycles. The minimum Gasteiger partial charge on any atom is -0.550 e. The number of aliphatic carboxylic acids is 1. The number of carboxylic acids is 1. The molecule has 162 valence electrons. The molecule has 2 unspecified atom stereocenters. The molecular weight excluding hydrogens is 729 g/mol. The molecule has 0 spiro atoms. The molecular formula is C21H20I3O6-. The molecule has 0 radical (unpaired) electrons. The van der Waals surface area contributed by atoms with Gasteiger partial charge >= 0.3 is 11.9 Å². The first-order valence-electron chi connectivity index (χ1n) is 9.86. The molecule has 4 aliphatic carbocycles. The summed E-state index contributed by atoms with van der Waals surface area (Å²) in [5, 5.41) is 10.6. The predicted octanol–water partition coefficient (Wildman–Crippen LogP) is 3.68. The Labute approximate surface area is 215 Å². The van der Waals surface area contributed by atoms with Crippen LogP contribution in [0.1, 0.15) is 55.3 Å². The highest BCUT2D eigenvalue weighted by atomic mass is 127. The van der Waals surface area contributed by atoms with E-state index in [0.717, 1.165) is 42.8 Å². The van der Waals surface area contributed by atoms with E-state index in [-0.39, 0.29) is 25.0 Å². The summed E-state index contributed by atoms with van der Waals surface area (Å²) in [5.41, 5.74) is -0.763. The number of carbonyl (C=O) groups is 3. The summed E-state index contributed by atoms with van der Waals surface area (Å²) in [6, 6.07) is 3.86. The Morgan fingerprint density at radius 2 is 1.73 bits per heavy atom. The van der Waals surface area contributed by atoms with Crippen LogP contribution in [-0.4, -0.2) is 30.1 Å². The monoisotopic (exact) mass is 749 g/mol. The van der Waals surface area contributed by atoms with Crippen molar-refractivity contribution in [3.05, 3.63) is 28.4 Å². The van der Waals surface area contributed by atoms with Crippen molar-refractivity contribution in [1.29, 1.82) is 0 Å². The highest BCUT2D eigenvalue weighted by Crippen LogP contribution is 2.63. The average Bonchev–Trinajstić information content (AvgIpc) is 2.62. The van der Waals surface area contributed by atoms with Gasteiger partial charge in [-0.15, -0.1) is 0 Å². The zero-order valence-electron chi connectivity index (χ0n) is 16.0. The Morgan fingerprint density at radius 1 is 1.07 bits per heavy atom. The third-order valence-corrected chi connectivity index (χ3v) is 10.2. The molecule has 4 aliphatic rings. The minimum atomic E-state index is -1.24. The molecule has 0 N–H and O–H groups in total. The normalized spacial score (nSPS) is 31.4. The smallest absolute Gasteiger partial charge is 0.339 e. The van der Waals surface area contributed by atoms with E-state index in [1.807, 2.05) is 12.1 Å². The summed E-state index contributed by atoms with van der Waals surface area (Å²) in [7, 11) is 0. The lowest BCUT2D eigenvalue weighted by Gasteiger charge is -2.59. The zero-order valence-corrected chi connectivity index (χ0v) is 22.5. The largest absolute Gasteiger partial charge is 0.550 e. The van der Waals surface area contributed by atoms with E-state index in [1.165, 1.54) is 0 Å². The summed E-state index contributed by atoms with van der Waals surface area (Å²) < 4.78 is 14.4. The van der Waals surface area contributed by atoms with Crippen molar-refractivity contribution in [3.8, 4) is 0 Å². The Hall–Kier alpha value is -0.180. The molecule has 1 aromatic carbocycles. The molecule has 4 fully saturated rings. The van der Waals surface area contributed by atoms with Gasteiger partial charge in [-0.2, -0.15) is 0 Å². The molecule has 30 heavy (non-hydrogen) atoms. The molecule has 4 saturated carbocycles.